The van der Waals surface area contributed by atoms with Crippen LogP contribution in [-0.4, -0.2) is 35.6 Å². The Morgan fingerprint density at radius 3 is 2.27 bits per heavy atom. The van der Waals surface area contributed by atoms with E-state index in [1.807, 2.05) is 4.90 Å². The van der Waals surface area contributed by atoms with E-state index in [2.05, 4.69) is 0 Å². The second-order valence-electron chi connectivity index (χ2n) is 3.70. The van der Waals surface area contributed by atoms with Gasteiger partial charge >= 0.3 is 0 Å². The zero-order chi connectivity index (χ0) is 7.84. The van der Waals surface area contributed by atoms with Crippen molar-refractivity contribution in [3.8, 4) is 0 Å². The molecular formula is C8H13NO2. The molecule has 11 heavy (non-hydrogen) atoms. The van der Waals surface area contributed by atoms with Gasteiger partial charge in [-0.15, -0.1) is 0 Å². The van der Waals surface area contributed by atoms with Gasteiger partial charge in [0.25, 0.3) is 0 Å². The molecule has 1 N–H and O–H groups in total. The second kappa shape index (κ2) is 2.48. The first-order chi connectivity index (χ1) is 5.29. The average molecular weight is 155 g/mol. The van der Waals surface area contributed by atoms with Crippen molar-refractivity contribution in [3.63, 3.8) is 0 Å². The Labute approximate surface area is 66.0 Å². The normalized spacial score (nSPS) is 42.6. The van der Waals surface area contributed by atoms with Crippen LogP contribution in [0.25, 0.3) is 0 Å². The number of aliphatic hydroxyl groups is 1. The van der Waals surface area contributed by atoms with Crippen LogP contribution >= 0.6 is 0 Å². The highest BCUT2D eigenvalue weighted by molar-refractivity contribution is 5.47. The van der Waals surface area contributed by atoms with E-state index in [-0.39, 0.29) is 6.10 Å². The number of likely N-dealkylation sites (tertiary alicyclic amines) is 1. The molecule has 3 atom stereocenters. The number of carbonyl (C=O) groups is 1. The van der Waals surface area contributed by atoms with Gasteiger partial charge in [-0.05, 0) is 24.7 Å². The van der Waals surface area contributed by atoms with Crippen molar-refractivity contribution in [3.05, 3.63) is 0 Å². The van der Waals surface area contributed by atoms with Crippen LogP contribution in [-0.2, 0) is 4.79 Å². The summed E-state index contributed by atoms with van der Waals surface area (Å²) in [6.45, 7) is 1.73. The topological polar surface area (TPSA) is 40.5 Å². The molecular weight excluding hydrogens is 142 g/mol. The van der Waals surface area contributed by atoms with Gasteiger partial charge < -0.3 is 10.0 Å². The standard InChI is InChI=1S/C8H13NO2/c10-5-9-3-6-1-8(11)2-7(6)4-9/h5-8,11H,1-4H2/t6-,7+,8?. The summed E-state index contributed by atoms with van der Waals surface area (Å²) in [6.07, 6.45) is 2.62. The molecule has 1 heterocycles. The summed E-state index contributed by atoms with van der Waals surface area (Å²) >= 11 is 0. The summed E-state index contributed by atoms with van der Waals surface area (Å²) in [4.78, 5) is 12.2. The molecule has 3 nitrogen and oxygen atoms in total. The molecule has 0 aromatic rings. The SMILES string of the molecule is O=CN1C[C@H]2CC(O)C[C@H]2C1. The molecule has 0 aromatic carbocycles. The summed E-state index contributed by atoms with van der Waals surface area (Å²) in [5.74, 6) is 1.16. The Morgan fingerprint density at radius 2 is 1.82 bits per heavy atom. The fourth-order valence-electron chi connectivity index (χ4n) is 2.39. The van der Waals surface area contributed by atoms with Gasteiger partial charge in [0, 0.05) is 13.1 Å². The van der Waals surface area contributed by atoms with Crippen LogP contribution in [0.5, 0.6) is 0 Å². The Hall–Kier alpha value is -0.570. The monoisotopic (exact) mass is 155 g/mol. The van der Waals surface area contributed by atoms with Crippen LogP contribution in [0.1, 0.15) is 12.8 Å². The molecule has 3 heteroatoms. The lowest BCUT2D eigenvalue weighted by molar-refractivity contribution is -0.117. The number of carbonyl (C=O) groups excluding carboxylic acids is 1. The quantitative estimate of drug-likeness (QED) is 0.535. The van der Waals surface area contributed by atoms with Crippen LogP contribution in [0, 0.1) is 11.8 Å². The second-order valence-corrected chi connectivity index (χ2v) is 3.70. The van der Waals surface area contributed by atoms with Crippen LogP contribution in [0.3, 0.4) is 0 Å². The molecule has 1 saturated heterocycles. The molecule has 0 aromatic heterocycles. The van der Waals surface area contributed by atoms with E-state index in [9.17, 15) is 9.90 Å². The number of hydrogen-bond donors (Lipinski definition) is 1. The van der Waals surface area contributed by atoms with Gasteiger partial charge in [0.1, 0.15) is 0 Å². The van der Waals surface area contributed by atoms with Gasteiger partial charge in [0.05, 0.1) is 6.10 Å². The van der Waals surface area contributed by atoms with Crippen molar-refractivity contribution in [2.45, 2.75) is 18.9 Å². The van der Waals surface area contributed by atoms with Crippen molar-refractivity contribution in [2.24, 2.45) is 11.8 Å². The van der Waals surface area contributed by atoms with E-state index >= 15 is 0 Å². The van der Waals surface area contributed by atoms with Gasteiger partial charge in [0.2, 0.25) is 6.41 Å². The Bertz CT molecular complexity index is 157. The molecule has 1 aliphatic carbocycles. The number of hydrogen-bond acceptors (Lipinski definition) is 2. The Balaban J connectivity index is 1.98. The number of aliphatic hydroxyl groups excluding tert-OH is 1. The molecule has 1 amide bonds. The minimum atomic E-state index is -0.0983. The summed E-state index contributed by atoms with van der Waals surface area (Å²) in [5, 5.41) is 9.29. The highest BCUT2D eigenvalue weighted by Crippen LogP contribution is 2.37. The van der Waals surface area contributed by atoms with Crippen molar-refractivity contribution in [1.82, 2.24) is 4.90 Å². The van der Waals surface area contributed by atoms with Crippen molar-refractivity contribution in [2.75, 3.05) is 13.1 Å². The predicted octanol–water partition coefficient (Wildman–Crippen LogP) is -0.155. The maximum atomic E-state index is 10.4. The third-order valence-corrected chi connectivity index (χ3v) is 2.90. The van der Waals surface area contributed by atoms with E-state index in [1.165, 1.54) is 0 Å². The Morgan fingerprint density at radius 1 is 1.27 bits per heavy atom. The van der Waals surface area contributed by atoms with Crippen molar-refractivity contribution < 1.29 is 9.90 Å². The first kappa shape index (κ1) is 7.10. The summed E-state index contributed by atoms with van der Waals surface area (Å²) in [7, 11) is 0. The first-order valence-electron chi connectivity index (χ1n) is 4.17. The van der Waals surface area contributed by atoms with Crippen LogP contribution < -0.4 is 0 Å². The molecule has 1 unspecified atom stereocenters. The molecule has 2 rings (SSSR count). The van der Waals surface area contributed by atoms with E-state index in [1.54, 1.807) is 0 Å². The zero-order valence-electron chi connectivity index (χ0n) is 6.44. The smallest absolute Gasteiger partial charge is 0.209 e. The summed E-state index contributed by atoms with van der Waals surface area (Å²) < 4.78 is 0. The lowest BCUT2D eigenvalue weighted by Crippen LogP contribution is -2.20. The maximum Gasteiger partial charge on any atom is 0.209 e. The van der Waals surface area contributed by atoms with E-state index < -0.39 is 0 Å². The van der Waals surface area contributed by atoms with E-state index in [4.69, 9.17) is 0 Å². The number of rotatable bonds is 1. The molecule has 1 saturated carbocycles. The van der Waals surface area contributed by atoms with Gasteiger partial charge in [-0.1, -0.05) is 0 Å². The lowest BCUT2D eigenvalue weighted by atomic mass is 10.0. The molecule has 0 bridgehead atoms. The van der Waals surface area contributed by atoms with E-state index in [0.29, 0.717) is 11.8 Å². The fourth-order valence-corrected chi connectivity index (χ4v) is 2.39. The largest absolute Gasteiger partial charge is 0.393 e. The van der Waals surface area contributed by atoms with Gasteiger partial charge in [-0.3, -0.25) is 4.79 Å². The Kier molecular flexibility index (Phi) is 1.60. The minimum Gasteiger partial charge on any atom is -0.393 e. The molecule has 0 radical (unpaired) electrons. The molecule has 62 valence electrons. The summed E-state index contributed by atoms with van der Waals surface area (Å²) in [5.41, 5.74) is 0. The molecule has 2 aliphatic rings. The van der Waals surface area contributed by atoms with Gasteiger partial charge in [-0.2, -0.15) is 0 Å². The minimum absolute atomic E-state index is 0.0983. The third kappa shape index (κ3) is 1.13. The summed E-state index contributed by atoms with van der Waals surface area (Å²) in [6, 6.07) is 0. The number of fused-ring (bicyclic) bond motifs is 1. The van der Waals surface area contributed by atoms with Crippen LogP contribution in [0.4, 0.5) is 0 Å². The van der Waals surface area contributed by atoms with Gasteiger partial charge in [0.15, 0.2) is 0 Å². The highest BCUT2D eigenvalue weighted by atomic mass is 16.3. The molecule has 2 fully saturated rings. The average Bonchev–Trinajstić information content (AvgIpc) is 2.43. The van der Waals surface area contributed by atoms with Crippen molar-refractivity contribution in [1.29, 1.82) is 0 Å². The lowest BCUT2D eigenvalue weighted by Gasteiger charge is -2.10. The first-order valence-corrected chi connectivity index (χ1v) is 4.17. The van der Waals surface area contributed by atoms with Gasteiger partial charge in [-0.25, -0.2) is 0 Å². The number of nitrogens with zero attached hydrogens (tertiary/aromatic N) is 1. The molecule has 0 spiro atoms. The molecule has 1 aliphatic heterocycles. The van der Waals surface area contributed by atoms with Crippen LogP contribution in [0.15, 0.2) is 0 Å². The number of amides is 1. The third-order valence-electron chi connectivity index (χ3n) is 2.90. The zero-order valence-corrected chi connectivity index (χ0v) is 6.44. The van der Waals surface area contributed by atoms with E-state index in [0.717, 1.165) is 32.3 Å². The fraction of sp³-hybridized carbons (Fsp3) is 0.875. The van der Waals surface area contributed by atoms with Crippen molar-refractivity contribution >= 4 is 6.41 Å². The maximum absolute atomic E-state index is 10.4. The van der Waals surface area contributed by atoms with Crippen LogP contribution in [0.2, 0.25) is 0 Å². The predicted molar refractivity (Wildman–Crippen MR) is 39.9 cm³/mol. The highest BCUT2D eigenvalue weighted by Gasteiger charge is 2.39.